The highest BCUT2D eigenvalue weighted by molar-refractivity contribution is 7.99. The molecule has 12 heteroatoms. The number of aryl methyl sites for hydroxylation is 4. The number of carbonyl (C=O) groups is 4. The Hall–Kier alpha value is -3.38. The third-order valence-corrected chi connectivity index (χ3v) is 17.3. The van der Waals surface area contributed by atoms with E-state index in [9.17, 15) is 29.4 Å². The fourth-order valence-electron chi connectivity index (χ4n) is 10.0. The number of phenolic OH excluding ortho intramolecular Hbond substituents is 2. The Morgan fingerprint density at radius 3 is 1.27 bits per heavy atom. The summed E-state index contributed by atoms with van der Waals surface area (Å²) in [5.41, 5.74) is 3.60. The molecule has 2 atom stereocenters. The van der Waals surface area contributed by atoms with Crippen molar-refractivity contribution < 1.29 is 38.9 Å². The number of benzene rings is 2. The fraction of sp³-hybridized carbons (Fsp3) is 0.746. The minimum atomic E-state index is -1.23. The van der Waals surface area contributed by atoms with Gasteiger partial charge in [-0.1, -0.05) is 183 Å². The van der Waals surface area contributed by atoms with Crippen molar-refractivity contribution in [3.63, 3.8) is 0 Å². The Balaban J connectivity index is 1.75. The molecular weight excluding hydrogens is 977 g/mol. The number of carbonyl (C=O) groups excluding carboxylic acids is 4. The van der Waals surface area contributed by atoms with Crippen LogP contribution in [0.4, 0.5) is 4.79 Å². The third kappa shape index (κ3) is 23.6. The minimum absolute atomic E-state index is 0.0533. The van der Waals surface area contributed by atoms with Crippen LogP contribution in [0.15, 0.2) is 24.3 Å². The van der Waals surface area contributed by atoms with Crippen molar-refractivity contribution in [3.05, 3.63) is 57.6 Å². The lowest BCUT2D eigenvalue weighted by atomic mass is 9.84. The lowest BCUT2D eigenvalue weighted by molar-refractivity contribution is -0.150. The molecule has 0 saturated carbocycles. The molecule has 1 aliphatic heterocycles. The van der Waals surface area contributed by atoms with Crippen LogP contribution in [-0.4, -0.2) is 97.7 Å². The van der Waals surface area contributed by atoms with Crippen LogP contribution in [0.2, 0.25) is 0 Å². The summed E-state index contributed by atoms with van der Waals surface area (Å²) in [6.07, 6.45) is 24.7. The van der Waals surface area contributed by atoms with E-state index >= 15 is 0 Å². The number of hydrogen-bond donors (Lipinski definition) is 2. The normalized spacial score (nSPS) is 14.7. The molecule has 0 radical (unpaired) electrons. The van der Waals surface area contributed by atoms with Crippen LogP contribution in [0.25, 0.3) is 0 Å². The molecule has 0 aromatic heterocycles. The van der Waals surface area contributed by atoms with E-state index in [1.165, 1.54) is 108 Å². The molecule has 2 unspecified atom stereocenters. The van der Waals surface area contributed by atoms with Crippen molar-refractivity contribution in [2.24, 2.45) is 0 Å². The van der Waals surface area contributed by atoms with Crippen LogP contribution >= 0.6 is 23.5 Å². The molecule has 3 rings (SSSR count). The minimum Gasteiger partial charge on any atom is -0.508 e. The Kier molecular flexibility index (Phi) is 29.7. The molecule has 2 aromatic rings. The molecule has 2 N–H and O–H groups in total. The van der Waals surface area contributed by atoms with Crippen molar-refractivity contribution in [1.29, 1.82) is 0 Å². The summed E-state index contributed by atoms with van der Waals surface area (Å²) in [6.45, 7) is 24.1. The molecule has 0 aliphatic carbocycles. The van der Waals surface area contributed by atoms with E-state index < -0.39 is 29.7 Å². The maximum atomic E-state index is 14.6. The third-order valence-electron chi connectivity index (χ3n) is 14.9. The van der Waals surface area contributed by atoms with Crippen LogP contribution in [0.3, 0.4) is 0 Å². The van der Waals surface area contributed by atoms with Gasteiger partial charge in [0.05, 0.1) is 13.1 Å². The van der Waals surface area contributed by atoms with E-state index in [-0.39, 0.29) is 60.1 Å². The maximum Gasteiger partial charge on any atom is 0.327 e. The number of imide groups is 1. The molecule has 10 nitrogen and oxygen atoms in total. The van der Waals surface area contributed by atoms with Crippen LogP contribution in [0.5, 0.6) is 11.5 Å². The summed E-state index contributed by atoms with van der Waals surface area (Å²) < 4.78 is 12.5. The standard InChI is InChI=1S/C63H104N2O8S2/c1-13-15-17-19-21-23-25-27-29-31-37-74-45-51(72-57(68)35-33-49-41-53(61(5,6)7)55(66)39-47(49)3)43-64-59(70)63(11,12)65(60(64)71)44-52(46-75-38-32-30-28-26-24-22-20-18-16-14-2)73-58(69)36-34-50-42-54(62(8,9)10)56(67)40-48(50)4/h39-42,51-52,66-67H,13-38,43-46H2,1-12H3. The van der Waals surface area contributed by atoms with Crippen molar-refractivity contribution in [1.82, 2.24) is 9.80 Å². The van der Waals surface area contributed by atoms with Gasteiger partial charge in [-0.2, -0.15) is 23.5 Å². The number of hydrogen-bond acceptors (Lipinski definition) is 10. The van der Waals surface area contributed by atoms with Gasteiger partial charge in [0.1, 0.15) is 29.2 Å². The van der Waals surface area contributed by atoms with E-state index in [4.69, 9.17) is 9.47 Å². The molecule has 75 heavy (non-hydrogen) atoms. The quantitative estimate of drug-likeness (QED) is 0.0380. The zero-order valence-corrected chi connectivity index (χ0v) is 50.9. The van der Waals surface area contributed by atoms with E-state index in [0.29, 0.717) is 24.3 Å². The summed E-state index contributed by atoms with van der Waals surface area (Å²) in [5, 5.41) is 21.4. The molecule has 3 amide bonds. The molecule has 1 aliphatic rings. The maximum absolute atomic E-state index is 14.6. The SMILES string of the molecule is CCCCCCCCCCCCSCC(CN1C(=O)N(CC(CSCCCCCCCCCCCC)OC(=O)CCc2cc(C(C)(C)C)c(O)cc2C)C(C)(C)C1=O)OC(=O)CCc1cc(C(C)(C)C)c(O)cc1C. The highest BCUT2D eigenvalue weighted by atomic mass is 32.2. The molecular formula is C63H104N2O8S2. The topological polar surface area (TPSA) is 134 Å². The second-order valence-electron chi connectivity index (χ2n) is 24.2. The number of ether oxygens (including phenoxy) is 2. The van der Waals surface area contributed by atoms with Crippen molar-refractivity contribution in [3.8, 4) is 11.5 Å². The number of nitrogens with zero attached hydrogens (tertiary/aromatic N) is 2. The zero-order chi connectivity index (χ0) is 55.6. The van der Waals surface area contributed by atoms with Gasteiger partial charge >= 0.3 is 18.0 Å². The number of esters is 2. The fourth-order valence-corrected chi connectivity index (χ4v) is 12.1. The van der Waals surface area contributed by atoms with Gasteiger partial charge in [-0.25, -0.2) is 4.79 Å². The lowest BCUT2D eigenvalue weighted by Gasteiger charge is -2.31. The number of phenols is 2. The number of urea groups is 1. The molecule has 1 saturated heterocycles. The number of aromatic hydroxyl groups is 2. The lowest BCUT2D eigenvalue weighted by Crippen LogP contribution is -2.48. The highest BCUT2D eigenvalue weighted by Crippen LogP contribution is 2.36. The average Bonchev–Trinajstić information content (AvgIpc) is 3.48. The van der Waals surface area contributed by atoms with E-state index in [1.54, 1.807) is 54.4 Å². The van der Waals surface area contributed by atoms with Crippen LogP contribution in [0.1, 0.15) is 244 Å². The monoisotopic (exact) mass is 1080 g/mol. The smallest absolute Gasteiger partial charge is 0.327 e. The van der Waals surface area contributed by atoms with E-state index in [0.717, 1.165) is 70.6 Å². The van der Waals surface area contributed by atoms with Crippen molar-refractivity contribution in [2.45, 2.75) is 266 Å². The van der Waals surface area contributed by atoms with Gasteiger partial charge in [0.2, 0.25) is 0 Å². The van der Waals surface area contributed by atoms with Crippen LogP contribution in [0, 0.1) is 13.8 Å². The summed E-state index contributed by atoms with van der Waals surface area (Å²) in [6, 6.07) is 7.02. The summed E-state index contributed by atoms with van der Waals surface area (Å²) >= 11 is 3.42. The second kappa shape index (κ2) is 33.8. The van der Waals surface area contributed by atoms with Gasteiger partial charge in [0.15, 0.2) is 0 Å². The summed E-state index contributed by atoms with van der Waals surface area (Å²) in [4.78, 5) is 59.3. The molecule has 0 bridgehead atoms. The van der Waals surface area contributed by atoms with Gasteiger partial charge in [-0.3, -0.25) is 19.3 Å². The number of rotatable bonds is 38. The van der Waals surface area contributed by atoms with Crippen LogP contribution in [-0.2, 0) is 47.5 Å². The van der Waals surface area contributed by atoms with Crippen molar-refractivity contribution >= 4 is 47.4 Å². The molecule has 2 aromatic carbocycles. The van der Waals surface area contributed by atoms with Crippen molar-refractivity contribution in [2.75, 3.05) is 36.1 Å². The summed E-state index contributed by atoms with van der Waals surface area (Å²) in [5.74, 6) is 2.06. The zero-order valence-electron chi connectivity index (χ0n) is 49.2. The van der Waals surface area contributed by atoms with Gasteiger partial charge in [0.25, 0.3) is 5.91 Å². The molecule has 1 fully saturated rings. The first kappa shape index (κ1) is 65.9. The first-order chi connectivity index (χ1) is 35.5. The number of unbranched alkanes of at least 4 members (excludes halogenated alkanes) is 18. The Labute approximate surface area is 464 Å². The van der Waals surface area contributed by atoms with Gasteiger partial charge in [0, 0.05) is 24.3 Å². The molecule has 0 spiro atoms. The Bertz CT molecular complexity index is 2040. The Morgan fingerprint density at radius 2 is 0.907 bits per heavy atom. The first-order valence-corrected chi connectivity index (χ1v) is 31.7. The second-order valence-corrected chi connectivity index (χ2v) is 26.5. The van der Waals surface area contributed by atoms with E-state index in [2.05, 4.69) is 34.6 Å². The van der Waals surface area contributed by atoms with Gasteiger partial charge in [-0.05, 0) is 121 Å². The predicted molar refractivity (Wildman–Crippen MR) is 316 cm³/mol. The molecule has 1 heterocycles. The van der Waals surface area contributed by atoms with Gasteiger partial charge < -0.3 is 24.6 Å². The van der Waals surface area contributed by atoms with Crippen LogP contribution < -0.4 is 0 Å². The molecule has 426 valence electrons. The van der Waals surface area contributed by atoms with Gasteiger partial charge in [-0.15, -0.1) is 0 Å². The average molecular weight is 1080 g/mol. The first-order valence-electron chi connectivity index (χ1n) is 29.3. The number of thioether (sulfide) groups is 2. The highest BCUT2D eigenvalue weighted by Gasteiger charge is 2.52. The summed E-state index contributed by atoms with van der Waals surface area (Å²) in [7, 11) is 0. The predicted octanol–water partition coefficient (Wildman–Crippen LogP) is 16.0. The largest absolute Gasteiger partial charge is 0.508 e. The number of amides is 3. The van der Waals surface area contributed by atoms with E-state index in [1.807, 2.05) is 46.8 Å². The Morgan fingerprint density at radius 1 is 0.560 bits per heavy atom.